The summed E-state index contributed by atoms with van der Waals surface area (Å²) in [6.07, 6.45) is 0.931. The third kappa shape index (κ3) is 18.7. The Balaban J connectivity index is 0. The van der Waals surface area contributed by atoms with E-state index < -0.39 is 0 Å². The molecule has 20 valence electrons. The number of rotatable bonds is 0. The molecule has 0 aliphatic carbocycles. The monoisotopic (exact) mass is 59.0 g/mol. The Bertz CT molecular complexity index is 52.4. The average Bonchev–Trinajstić information content (AvgIpc) is 1.37. The van der Waals surface area contributed by atoms with E-state index in [1.807, 2.05) is 0 Å². The van der Waals surface area contributed by atoms with Gasteiger partial charge in [-0.1, -0.05) is 0 Å². The summed E-state index contributed by atoms with van der Waals surface area (Å²) in [5.74, 6) is 0. The second-order valence-electron chi connectivity index (χ2n) is 0.296. The molecule has 0 fully saturated rings. The van der Waals surface area contributed by atoms with Gasteiger partial charge in [-0.3, -0.25) is 6.58 Å². The van der Waals surface area contributed by atoms with Crippen molar-refractivity contribution in [1.29, 1.82) is 5.26 Å². The summed E-state index contributed by atoms with van der Waals surface area (Å²) in [5, 5.41) is 7.44. The van der Waals surface area contributed by atoms with Crippen molar-refractivity contribution in [1.82, 2.24) is 0 Å². The molecule has 0 aliphatic rings. The van der Waals surface area contributed by atoms with Crippen LogP contribution in [0.4, 0.5) is 0 Å². The Labute approximate surface area is 43.5 Å². The molecule has 5 heavy (non-hydrogen) atoms. The van der Waals surface area contributed by atoms with Crippen molar-refractivity contribution in [2.24, 2.45) is 0 Å². The molecule has 0 saturated carbocycles. The summed E-state index contributed by atoms with van der Waals surface area (Å²) < 4.78 is 0. The summed E-state index contributed by atoms with van der Waals surface area (Å²) in [7, 11) is 0. The van der Waals surface area contributed by atoms with E-state index in [0.29, 0.717) is 0 Å². The van der Waals surface area contributed by atoms with Gasteiger partial charge in [0.1, 0.15) is 0 Å². The second kappa shape index (κ2) is 9.16. The first-order valence-electron chi connectivity index (χ1n) is 0.846. The molecule has 0 spiro atoms. The Kier molecular flexibility index (Phi) is 16.2. The van der Waals surface area contributed by atoms with Gasteiger partial charge in [0.2, 0.25) is 0 Å². The van der Waals surface area contributed by atoms with Crippen LogP contribution < -0.4 is 18.9 Å². The standard InChI is InChI=1S/C3H2N.Li/c1-2-3-4;/h1-2H;/q-1;+1. The zero-order valence-corrected chi connectivity index (χ0v) is 3.10. The van der Waals surface area contributed by atoms with Gasteiger partial charge in [-0.2, -0.15) is 6.08 Å². The van der Waals surface area contributed by atoms with E-state index in [2.05, 4.69) is 6.58 Å². The second-order valence-corrected chi connectivity index (χ2v) is 0.296. The molecule has 0 heterocycles. The van der Waals surface area contributed by atoms with Gasteiger partial charge in [0.15, 0.2) is 0 Å². The summed E-state index contributed by atoms with van der Waals surface area (Å²) in [5.41, 5.74) is 0. The van der Waals surface area contributed by atoms with Gasteiger partial charge in [0.25, 0.3) is 0 Å². The largest absolute Gasteiger partial charge is 1.00 e. The third-order valence-electron chi connectivity index (χ3n) is 0.0745. The van der Waals surface area contributed by atoms with Crippen molar-refractivity contribution in [2.45, 2.75) is 0 Å². The van der Waals surface area contributed by atoms with Gasteiger partial charge in [0, 0.05) is 0 Å². The number of nitrogens with zero attached hydrogens (tertiary/aromatic N) is 1. The maximum absolute atomic E-state index is 7.44. The first-order chi connectivity index (χ1) is 1.91. The normalized spacial score (nSPS) is 3.00. The first kappa shape index (κ1) is 8.85. The fourth-order valence-electron chi connectivity index (χ4n) is 0. The maximum Gasteiger partial charge on any atom is 1.00 e. The molecule has 0 N–H and O–H groups in total. The van der Waals surface area contributed by atoms with Gasteiger partial charge in [0.05, 0.1) is 0 Å². The van der Waals surface area contributed by atoms with Crippen LogP contribution in [0.5, 0.6) is 0 Å². The van der Waals surface area contributed by atoms with Gasteiger partial charge in [-0.15, -0.1) is 6.07 Å². The number of allylic oxidation sites excluding steroid dienone is 1. The zero-order chi connectivity index (χ0) is 3.41. The molecule has 2 heteroatoms. The van der Waals surface area contributed by atoms with Gasteiger partial charge in [-0.05, 0) is 0 Å². The maximum atomic E-state index is 7.44. The van der Waals surface area contributed by atoms with Crippen LogP contribution in [0.15, 0.2) is 6.08 Å². The van der Waals surface area contributed by atoms with E-state index in [9.17, 15) is 0 Å². The molecule has 0 unspecified atom stereocenters. The smallest absolute Gasteiger partial charge is 0.329 e. The van der Waals surface area contributed by atoms with Crippen LogP contribution in [0.2, 0.25) is 0 Å². The molecule has 1 nitrogen and oxygen atoms in total. The van der Waals surface area contributed by atoms with Crippen LogP contribution in [0.1, 0.15) is 0 Å². The van der Waals surface area contributed by atoms with Crippen molar-refractivity contribution in [3.8, 4) is 6.07 Å². The van der Waals surface area contributed by atoms with E-state index in [-0.39, 0.29) is 18.9 Å². The van der Waals surface area contributed by atoms with Crippen molar-refractivity contribution in [3.63, 3.8) is 0 Å². The minimum atomic E-state index is 0. The molecule has 0 aliphatic heterocycles. The molecule has 0 radical (unpaired) electrons. The van der Waals surface area contributed by atoms with Gasteiger partial charge >= 0.3 is 18.9 Å². The molecule has 0 aromatic carbocycles. The van der Waals surface area contributed by atoms with Crippen LogP contribution in [-0.2, 0) is 0 Å². The SMILES string of the molecule is [CH-]=CC#N.[Li+]. The van der Waals surface area contributed by atoms with E-state index >= 15 is 0 Å². The van der Waals surface area contributed by atoms with Crippen LogP contribution >= 0.6 is 0 Å². The fraction of sp³-hybridized carbons (Fsp3) is 0. The Morgan fingerprint density at radius 2 is 2.00 bits per heavy atom. The van der Waals surface area contributed by atoms with Gasteiger partial charge in [-0.25, -0.2) is 0 Å². The van der Waals surface area contributed by atoms with Crippen molar-refractivity contribution in [3.05, 3.63) is 12.7 Å². The third-order valence-corrected chi connectivity index (χ3v) is 0.0745. The predicted molar refractivity (Wildman–Crippen MR) is 14.5 cm³/mol. The quantitative estimate of drug-likeness (QED) is 0.172. The van der Waals surface area contributed by atoms with Crippen molar-refractivity contribution < 1.29 is 18.9 Å². The van der Waals surface area contributed by atoms with Crippen LogP contribution in [-0.4, -0.2) is 0 Å². The Hall–Kier alpha value is -0.173. The topological polar surface area (TPSA) is 23.8 Å². The molecule has 0 aromatic heterocycles. The molecule has 0 atom stereocenters. The van der Waals surface area contributed by atoms with Gasteiger partial charge < -0.3 is 5.26 Å². The van der Waals surface area contributed by atoms with E-state index in [4.69, 9.17) is 5.26 Å². The van der Waals surface area contributed by atoms with Crippen molar-refractivity contribution >= 4 is 0 Å². The molecule has 0 amide bonds. The summed E-state index contributed by atoms with van der Waals surface area (Å²) in [6, 6.07) is 1.58. The molecular weight excluding hydrogens is 57.0 g/mol. The number of hydrogen-bond acceptors (Lipinski definition) is 1. The van der Waals surface area contributed by atoms with Crippen LogP contribution in [0, 0.1) is 17.9 Å². The van der Waals surface area contributed by atoms with Crippen LogP contribution in [0.3, 0.4) is 0 Å². The Morgan fingerprint density at radius 3 is 2.00 bits per heavy atom. The number of hydrogen-bond donors (Lipinski definition) is 0. The molecule has 0 bridgehead atoms. The number of nitriles is 1. The van der Waals surface area contributed by atoms with E-state index in [1.54, 1.807) is 6.07 Å². The zero-order valence-electron chi connectivity index (χ0n) is 3.10. The predicted octanol–water partition coefficient (Wildman–Crippen LogP) is -2.50. The summed E-state index contributed by atoms with van der Waals surface area (Å²) in [4.78, 5) is 0. The molecule has 0 aromatic rings. The van der Waals surface area contributed by atoms with E-state index in [1.165, 1.54) is 0 Å². The van der Waals surface area contributed by atoms with E-state index in [0.717, 1.165) is 6.08 Å². The Morgan fingerprint density at radius 1 is 1.80 bits per heavy atom. The fourth-order valence-corrected chi connectivity index (χ4v) is 0. The molecular formula is C3H2LiN. The molecule has 0 rings (SSSR count). The molecule has 0 saturated heterocycles. The average molecular weight is 59.0 g/mol. The minimum Gasteiger partial charge on any atom is -0.329 e. The summed E-state index contributed by atoms with van der Waals surface area (Å²) >= 11 is 0. The first-order valence-corrected chi connectivity index (χ1v) is 0.846. The van der Waals surface area contributed by atoms with Crippen molar-refractivity contribution in [2.75, 3.05) is 0 Å². The van der Waals surface area contributed by atoms with Crippen LogP contribution in [0.25, 0.3) is 0 Å². The summed E-state index contributed by atoms with van der Waals surface area (Å²) in [6.45, 7) is 4.54. The minimum absolute atomic E-state index is 0.